The maximum absolute atomic E-state index is 13.9. The summed E-state index contributed by atoms with van der Waals surface area (Å²) in [7, 11) is 0. The van der Waals surface area contributed by atoms with E-state index in [4.69, 9.17) is 10.7 Å². The average molecular weight is 428 g/mol. The van der Waals surface area contributed by atoms with Gasteiger partial charge in [0.15, 0.2) is 5.65 Å². The molecular formula is C22H14F2N8. The zero-order chi connectivity index (χ0) is 22.4. The Morgan fingerprint density at radius 3 is 2.69 bits per heavy atom. The monoisotopic (exact) mass is 428 g/mol. The molecule has 1 atom stereocenters. The molecule has 1 aromatic carbocycles. The quantitative estimate of drug-likeness (QED) is 0.446. The molecule has 0 saturated carbocycles. The van der Waals surface area contributed by atoms with E-state index in [1.165, 1.54) is 24.4 Å². The van der Waals surface area contributed by atoms with E-state index >= 15 is 0 Å². The van der Waals surface area contributed by atoms with Gasteiger partial charge in [0.2, 0.25) is 0 Å². The van der Waals surface area contributed by atoms with E-state index in [9.17, 15) is 14.0 Å². The van der Waals surface area contributed by atoms with Crippen LogP contribution in [0.4, 0.5) is 14.6 Å². The minimum Gasteiger partial charge on any atom is -0.383 e. The number of fused-ring (bicyclic) bond motifs is 2. The van der Waals surface area contributed by atoms with Gasteiger partial charge in [0, 0.05) is 22.7 Å². The van der Waals surface area contributed by atoms with Crippen molar-refractivity contribution in [3.8, 4) is 17.2 Å². The van der Waals surface area contributed by atoms with E-state index in [1.807, 2.05) is 13.0 Å². The van der Waals surface area contributed by atoms with Crippen molar-refractivity contribution in [2.75, 3.05) is 5.73 Å². The fraction of sp³-hybridized carbons (Fsp3) is 0.0909. The van der Waals surface area contributed by atoms with Crippen LogP contribution in [0.1, 0.15) is 30.1 Å². The van der Waals surface area contributed by atoms with Crippen molar-refractivity contribution in [2.45, 2.75) is 12.8 Å². The van der Waals surface area contributed by atoms with Crippen LogP contribution in [-0.2, 0) is 0 Å². The Balaban J connectivity index is 1.74. The number of nitrogen functional groups attached to an aromatic ring is 1. The molecule has 0 aliphatic rings. The van der Waals surface area contributed by atoms with Gasteiger partial charge in [0.25, 0.3) is 0 Å². The zero-order valence-corrected chi connectivity index (χ0v) is 16.6. The Kier molecular flexibility index (Phi) is 4.44. The lowest BCUT2D eigenvalue weighted by atomic mass is 9.95. The van der Waals surface area contributed by atoms with E-state index in [0.717, 1.165) is 6.20 Å². The lowest BCUT2D eigenvalue weighted by Crippen LogP contribution is -2.09. The van der Waals surface area contributed by atoms with Crippen LogP contribution in [0.25, 0.3) is 33.1 Å². The first-order chi connectivity index (χ1) is 15.4. The van der Waals surface area contributed by atoms with Crippen LogP contribution in [0, 0.1) is 23.0 Å². The highest BCUT2D eigenvalue weighted by molar-refractivity contribution is 5.90. The van der Waals surface area contributed by atoms with Crippen molar-refractivity contribution < 1.29 is 8.78 Å². The number of hydrogen-bond acceptors (Lipinski definition) is 7. The van der Waals surface area contributed by atoms with E-state index in [-0.39, 0.29) is 17.2 Å². The largest absolute Gasteiger partial charge is 0.383 e. The number of nitrogens with one attached hydrogen (secondary N) is 1. The molecule has 0 fully saturated rings. The average Bonchev–Trinajstić information content (AvgIpc) is 3.21. The molecule has 0 radical (unpaired) electrons. The lowest BCUT2D eigenvalue weighted by molar-refractivity contribution is 0.622. The Morgan fingerprint density at radius 1 is 1.06 bits per heavy atom. The summed E-state index contributed by atoms with van der Waals surface area (Å²) in [6, 6.07) is 9.28. The molecule has 0 aliphatic heterocycles. The predicted octanol–water partition coefficient (Wildman–Crippen LogP) is 3.85. The molecule has 32 heavy (non-hydrogen) atoms. The Hall–Kier alpha value is -4.52. The topological polar surface area (TPSA) is 130 Å². The van der Waals surface area contributed by atoms with Gasteiger partial charge in [-0.1, -0.05) is 0 Å². The minimum absolute atomic E-state index is 0.110. The Labute approximate surface area is 179 Å². The number of halogens is 2. The van der Waals surface area contributed by atoms with Crippen LogP contribution in [0.2, 0.25) is 0 Å². The number of pyridine rings is 2. The van der Waals surface area contributed by atoms with Crippen molar-refractivity contribution in [2.24, 2.45) is 0 Å². The highest BCUT2D eigenvalue weighted by Crippen LogP contribution is 2.34. The smallest absolute Gasteiger partial charge is 0.187 e. The molecular weight excluding hydrogens is 414 g/mol. The van der Waals surface area contributed by atoms with Crippen molar-refractivity contribution >= 4 is 27.8 Å². The van der Waals surface area contributed by atoms with Gasteiger partial charge >= 0.3 is 0 Å². The maximum atomic E-state index is 13.9. The Bertz CT molecular complexity index is 1550. The van der Waals surface area contributed by atoms with Crippen molar-refractivity contribution in [1.82, 2.24) is 30.1 Å². The molecule has 0 amide bonds. The van der Waals surface area contributed by atoms with E-state index in [2.05, 4.69) is 25.1 Å². The van der Waals surface area contributed by atoms with Gasteiger partial charge in [-0.3, -0.25) is 15.1 Å². The normalized spacial score (nSPS) is 12.2. The molecule has 0 spiro atoms. The first-order valence-corrected chi connectivity index (χ1v) is 9.57. The third-order valence-corrected chi connectivity index (χ3v) is 5.19. The summed E-state index contributed by atoms with van der Waals surface area (Å²) in [6.07, 6.45) is 2.61. The summed E-state index contributed by atoms with van der Waals surface area (Å²) in [5.74, 6) is -0.971. The summed E-state index contributed by atoms with van der Waals surface area (Å²) < 4.78 is 27.7. The van der Waals surface area contributed by atoms with Gasteiger partial charge in [-0.2, -0.15) is 10.4 Å². The summed E-state index contributed by atoms with van der Waals surface area (Å²) in [5.41, 5.74) is 8.65. The summed E-state index contributed by atoms with van der Waals surface area (Å²) in [6.45, 7) is 1.83. The van der Waals surface area contributed by atoms with Crippen LogP contribution < -0.4 is 5.73 Å². The number of nitriles is 1. The molecule has 156 valence electrons. The SMILES string of the molecule is CC(c1nc(N)c2c(C#N)[nH]nc2n1)c1nc2ccc(F)cc2cc1-c1cncc(F)c1. The number of nitrogens with zero attached hydrogens (tertiary/aromatic N) is 6. The first-order valence-electron chi connectivity index (χ1n) is 9.57. The van der Waals surface area contributed by atoms with E-state index < -0.39 is 17.6 Å². The van der Waals surface area contributed by atoms with E-state index in [1.54, 1.807) is 12.1 Å². The zero-order valence-electron chi connectivity index (χ0n) is 16.6. The summed E-state index contributed by atoms with van der Waals surface area (Å²) in [4.78, 5) is 17.5. The van der Waals surface area contributed by atoms with Gasteiger partial charge in [-0.15, -0.1) is 0 Å². The van der Waals surface area contributed by atoms with Gasteiger partial charge in [-0.25, -0.2) is 18.7 Å². The number of aromatic amines is 1. The number of H-pyrrole nitrogens is 1. The molecule has 0 saturated heterocycles. The molecule has 1 unspecified atom stereocenters. The second-order valence-corrected chi connectivity index (χ2v) is 7.25. The van der Waals surface area contributed by atoms with Crippen LogP contribution in [-0.4, -0.2) is 30.1 Å². The van der Waals surface area contributed by atoms with Crippen LogP contribution in [0.3, 0.4) is 0 Å². The van der Waals surface area contributed by atoms with Gasteiger partial charge in [0.05, 0.1) is 28.7 Å². The maximum Gasteiger partial charge on any atom is 0.187 e. The van der Waals surface area contributed by atoms with Crippen molar-refractivity contribution in [1.29, 1.82) is 5.26 Å². The first kappa shape index (κ1) is 19.4. The Morgan fingerprint density at radius 2 is 1.91 bits per heavy atom. The summed E-state index contributed by atoms with van der Waals surface area (Å²) in [5, 5.41) is 16.7. The fourth-order valence-corrected chi connectivity index (χ4v) is 3.65. The standard InChI is InChI=1S/C22H14F2N8/c1-10(21-29-20(26)18-17(7-25)31-32-22(18)30-21)19-15(12-5-14(24)9-27-8-12)6-11-4-13(23)2-3-16(11)28-19/h2-6,8-10H,1H3,(H3,26,29,30,31,32). The number of hydrogen-bond donors (Lipinski definition) is 2. The molecule has 5 aromatic rings. The number of benzene rings is 1. The fourth-order valence-electron chi connectivity index (χ4n) is 3.65. The van der Waals surface area contributed by atoms with Crippen LogP contribution >= 0.6 is 0 Å². The highest BCUT2D eigenvalue weighted by atomic mass is 19.1. The van der Waals surface area contributed by atoms with Crippen molar-refractivity contribution in [3.63, 3.8) is 0 Å². The number of rotatable bonds is 3. The third kappa shape index (κ3) is 3.16. The predicted molar refractivity (Wildman–Crippen MR) is 113 cm³/mol. The van der Waals surface area contributed by atoms with Gasteiger partial charge in [0.1, 0.15) is 35.0 Å². The second kappa shape index (κ2) is 7.31. The highest BCUT2D eigenvalue weighted by Gasteiger charge is 2.23. The lowest BCUT2D eigenvalue weighted by Gasteiger charge is -2.16. The molecule has 5 rings (SSSR count). The second-order valence-electron chi connectivity index (χ2n) is 7.25. The van der Waals surface area contributed by atoms with Crippen LogP contribution in [0.5, 0.6) is 0 Å². The van der Waals surface area contributed by atoms with Gasteiger partial charge < -0.3 is 5.73 Å². The van der Waals surface area contributed by atoms with Gasteiger partial charge in [-0.05, 0) is 37.3 Å². The number of anilines is 1. The number of nitrogens with two attached hydrogens (primary N) is 1. The molecule has 4 aromatic heterocycles. The van der Waals surface area contributed by atoms with Crippen LogP contribution in [0.15, 0.2) is 42.7 Å². The molecule has 0 aliphatic carbocycles. The number of aromatic nitrogens is 6. The minimum atomic E-state index is -0.511. The summed E-state index contributed by atoms with van der Waals surface area (Å²) >= 11 is 0. The molecule has 4 heterocycles. The van der Waals surface area contributed by atoms with Crippen molar-refractivity contribution in [3.05, 3.63) is 71.6 Å². The van der Waals surface area contributed by atoms with E-state index in [0.29, 0.717) is 38.9 Å². The molecule has 3 N–H and O–H groups in total. The molecule has 8 nitrogen and oxygen atoms in total. The molecule has 10 heteroatoms. The molecule has 0 bridgehead atoms. The third-order valence-electron chi connectivity index (χ3n) is 5.19.